The van der Waals surface area contributed by atoms with Crippen LogP contribution < -0.4 is 15.5 Å². The van der Waals surface area contributed by atoms with E-state index in [0.717, 1.165) is 49.4 Å². The van der Waals surface area contributed by atoms with Gasteiger partial charge in [0, 0.05) is 66.6 Å². The Balaban J connectivity index is 1.10. The SMILES string of the molecule is Fc1ccc2c(SCCCCCCNc3ccc(N4CCNCC4)cc3)ccnc2c1. The molecule has 0 spiro atoms. The Morgan fingerprint density at radius 2 is 1.77 bits per heavy atom. The van der Waals surface area contributed by atoms with Gasteiger partial charge in [-0.3, -0.25) is 4.98 Å². The van der Waals surface area contributed by atoms with Gasteiger partial charge in [-0.1, -0.05) is 12.8 Å². The third kappa shape index (κ3) is 6.34. The Labute approximate surface area is 188 Å². The zero-order valence-corrected chi connectivity index (χ0v) is 18.8. The summed E-state index contributed by atoms with van der Waals surface area (Å²) in [7, 11) is 0. The molecule has 0 radical (unpaired) electrons. The highest BCUT2D eigenvalue weighted by Gasteiger charge is 2.09. The van der Waals surface area contributed by atoms with Crippen molar-refractivity contribution < 1.29 is 4.39 Å². The smallest absolute Gasteiger partial charge is 0.125 e. The summed E-state index contributed by atoms with van der Waals surface area (Å²) in [6.45, 7) is 5.32. The number of rotatable bonds is 10. The molecular formula is C25H31FN4S. The fourth-order valence-electron chi connectivity index (χ4n) is 3.93. The second kappa shape index (κ2) is 11.3. The van der Waals surface area contributed by atoms with Gasteiger partial charge in [0.1, 0.15) is 5.82 Å². The zero-order valence-electron chi connectivity index (χ0n) is 17.9. The molecule has 2 N–H and O–H groups in total. The number of unbranched alkanes of at least 4 members (excludes halogenated alkanes) is 3. The normalized spacial score (nSPS) is 14.2. The molecule has 31 heavy (non-hydrogen) atoms. The maximum atomic E-state index is 13.4. The molecule has 0 atom stereocenters. The van der Waals surface area contributed by atoms with Gasteiger partial charge in [-0.2, -0.15) is 0 Å². The van der Waals surface area contributed by atoms with E-state index in [4.69, 9.17) is 0 Å². The van der Waals surface area contributed by atoms with Crippen LogP contribution in [0.25, 0.3) is 10.9 Å². The van der Waals surface area contributed by atoms with E-state index in [-0.39, 0.29) is 5.82 Å². The minimum Gasteiger partial charge on any atom is -0.385 e. The number of aromatic nitrogens is 1. The molecule has 3 aromatic rings. The van der Waals surface area contributed by atoms with Gasteiger partial charge in [0.15, 0.2) is 0 Å². The highest BCUT2D eigenvalue weighted by Crippen LogP contribution is 2.28. The van der Waals surface area contributed by atoms with Gasteiger partial charge in [0.2, 0.25) is 0 Å². The van der Waals surface area contributed by atoms with Gasteiger partial charge < -0.3 is 15.5 Å². The minimum atomic E-state index is -0.230. The number of thioether (sulfide) groups is 1. The van der Waals surface area contributed by atoms with E-state index in [1.165, 1.54) is 54.1 Å². The number of hydrogen-bond donors (Lipinski definition) is 2. The number of anilines is 2. The van der Waals surface area contributed by atoms with Crippen molar-refractivity contribution >= 4 is 34.0 Å². The molecule has 0 bridgehead atoms. The molecule has 4 rings (SSSR count). The van der Waals surface area contributed by atoms with Crippen LogP contribution in [0, 0.1) is 5.82 Å². The summed E-state index contributed by atoms with van der Waals surface area (Å²) < 4.78 is 13.4. The molecule has 1 fully saturated rings. The molecule has 164 valence electrons. The molecule has 6 heteroatoms. The highest BCUT2D eigenvalue weighted by molar-refractivity contribution is 7.99. The van der Waals surface area contributed by atoms with Crippen LogP contribution in [-0.2, 0) is 0 Å². The van der Waals surface area contributed by atoms with Crippen LogP contribution in [-0.4, -0.2) is 43.5 Å². The van der Waals surface area contributed by atoms with E-state index in [0.29, 0.717) is 0 Å². The summed E-state index contributed by atoms with van der Waals surface area (Å²) in [5.41, 5.74) is 3.25. The number of nitrogens with zero attached hydrogens (tertiary/aromatic N) is 2. The van der Waals surface area contributed by atoms with E-state index < -0.39 is 0 Å². The molecule has 2 aromatic carbocycles. The lowest BCUT2D eigenvalue weighted by Gasteiger charge is -2.29. The topological polar surface area (TPSA) is 40.2 Å². The fraction of sp³-hybridized carbons (Fsp3) is 0.400. The Morgan fingerprint density at radius 3 is 2.61 bits per heavy atom. The molecule has 0 aliphatic carbocycles. The van der Waals surface area contributed by atoms with Crippen molar-refractivity contribution in [3.05, 3.63) is 60.5 Å². The Kier molecular flexibility index (Phi) is 8.02. The van der Waals surface area contributed by atoms with E-state index in [9.17, 15) is 4.39 Å². The number of piperazine rings is 1. The molecule has 4 nitrogen and oxygen atoms in total. The summed E-state index contributed by atoms with van der Waals surface area (Å²) in [6, 6.07) is 15.7. The molecule has 1 aliphatic heterocycles. The fourth-order valence-corrected chi connectivity index (χ4v) is 4.98. The van der Waals surface area contributed by atoms with Crippen molar-refractivity contribution in [2.45, 2.75) is 30.6 Å². The first-order valence-electron chi connectivity index (χ1n) is 11.3. The summed E-state index contributed by atoms with van der Waals surface area (Å²) in [5, 5.41) is 7.98. The van der Waals surface area contributed by atoms with E-state index in [1.807, 2.05) is 23.9 Å². The van der Waals surface area contributed by atoms with Crippen LogP contribution in [0.5, 0.6) is 0 Å². The van der Waals surface area contributed by atoms with Crippen LogP contribution in [0.15, 0.2) is 59.6 Å². The van der Waals surface area contributed by atoms with Gasteiger partial charge in [-0.25, -0.2) is 4.39 Å². The number of halogens is 1. The van der Waals surface area contributed by atoms with E-state index >= 15 is 0 Å². The van der Waals surface area contributed by atoms with Crippen LogP contribution in [0.4, 0.5) is 15.8 Å². The lowest BCUT2D eigenvalue weighted by Crippen LogP contribution is -2.43. The third-order valence-electron chi connectivity index (χ3n) is 5.67. The molecule has 1 aliphatic rings. The molecule has 0 unspecified atom stereocenters. The Hall–Kier alpha value is -2.31. The number of nitrogens with one attached hydrogen (secondary N) is 2. The Bertz CT molecular complexity index is 957. The third-order valence-corrected chi connectivity index (χ3v) is 6.83. The molecule has 0 amide bonds. The van der Waals surface area contributed by atoms with Crippen molar-refractivity contribution in [1.29, 1.82) is 0 Å². The average molecular weight is 439 g/mol. The number of fused-ring (bicyclic) bond motifs is 1. The lowest BCUT2D eigenvalue weighted by atomic mass is 10.2. The van der Waals surface area contributed by atoms with Crippen molar-refractivity contribution in [3.63, 3.8) is 0 Å². The van der Waals surface area contributed by atoms with Crippen molar-refractivity contribution in [2.24, 2.45) is 0 Å². The molecular weight excluding hydrogens is 407 g/mol. The maximum Gasteiger partial charge on any atom is 0.125 e. The summed E-state index contributed by atoms with van der Waals surface area (Å²) in [6.07, 6.45) is 6.60. The van der Waals surface area contributed by atoms with Gasteiger partial charge >= 0.3 is 0 Å². The largest absolute Gasteiger partial charge is 0.385 e. The monoisotopic (exact) mass is 438 g/mol. The van der Waals surface area contributed by atoms with Crippen LogP contribution >= 0.6 is 11.8 Å². The Morgan fingerprint density at radius 1 is 0.968 bits per heavy atom. The molecule has 1 saturated heterocycles. The van der Waals surface area contributed by atoms with Crippen LogP contribution in [0.3, 0.4) is 0 Å². The summed E-state index contributed by atoms with van der Waals surface area (Å²) in [5.74, 6) is 0.850. The average Bonchev–Trinajstić information content (AvgIpc) is 2.81. The second-order valence-electron chi connectivity index (χ2n) is 7.94. The highest BCUT2D eigenvalue weighted by atomic mass is 32.2. The second-order valence-corrected chi connectivity index (χ2v) is 9.08. The predicted molar refractivity (Wildman–Crippen MR) is 131 cm³/mol. The van der Waals surface area contributed by atoms with Gasteiger partial charge in [0.25, 0.3) is 0 Å². The predicted octanol–water partition coefficient (Wildman–Crippen LogP) is 5.55. The van der Waals surface area contributed by atoms with Crippen LogP contribution in [0.1, 0.15) is 25.7 Å². The van der Waals surface area contributed by atoms with E-state index in [2.05, 4.69) is 44.8 Å². The van der Waals surface area contributed by atoms with E-state index in [1.54, 1.807) is 6.20 Å². The molecule has 2 heterocycles. The van der Waals surface area contributed by atoms with Gasteiger partial charge in [0.05, 0.1) is 5.52 Å². The summed E-state index contributed by atoms with van der Waals surface area (Å²) >= 11 is 1.84. The number of benzene rings is 2. The van der Waals surface area contributed by atoms with Crippen LogP contribution in [0.2, 0.25) is 0 Å². The molecule has 0 saturated carbocycles. The lowest BCUT2D eigenvalue weighted by molar-refractivity contribution is 0.589. The first-order valence-corrected chi connectivity index (χ1v) is 12.2. The van der Waals surface area contributed by atoms with Crippen molar-refractivity contribution in [2.75, 3.05) is 48.7 Å². The van der Waals surface area contributed by atoms with Gasteiger partial charge in [-0.15, -0.1) is 11.8 Å². The number of pyridine rings is 1. The van der Waals surface area contributed by atoms with Gasteiger partial charge in [-0.05, 0) is 61.1 Å². The minimum absolute atomic E-state index is 0.230. The molecule has 1 aromatic heterocycles. The first kappa shape index (κ1) is 21.9. The standard InChI is InChI=1S/C25H31FN4S/c26-20-5-10-23-24(19-20)29-13-11-25(23)31-18-4-2-1-3-12-28-21-6-8-22(9-7-21)30-16-14-27-15-17-30/h5-11,13,19,27-28H,1-4,12,14-18H2. The zero-order chi connectivity index (χ0) is 21.3. The quantitative estimate of drug-likeness (QED) is 0.321. The summed E-state index contributed by atoms with van der Waals surface area (Å²) in [4.78, 5) is 7.90. The van der Waals surface area contributed by atoms with Crippen molar-refractivity contribution in [1.82, 2.24) is 10.3 Å². The number of hydrogen-bond acceptors (Lipinski definition) is 5. The first-order chi connectivity index (χ1) is 15.3. The maximum absolute atomic E-state index is 13.4. The van der Waals surface area contributed by atoms with Crippen molar-refractivity contribution in [3.8, 4) is 0 Å².